The summed E-state index contributed by atoms with van der Waals surface area (Å²) in [6.45, 7) is 2.90. The number of pyridine rings is 1. The van der Waals surface area contributed by atoms with Gasteiger partial charge in [0.25, 0.3) is 0 Å². The number of aromatic nitrogens is 1. The Morgan fingerprint density at radius 2 is 2.09 bits per heavy atom. The van der Waals surface area contributed by atoms with Crippen LogP contribution < -0.4 is 0 Å². The van der Waals surface area contributed by atoms with Gasteiger partial charge in [0.05, 0.1) is 5.69 Å². The van der Waals surface area contributed by atoms with Crippen LogP contribution in [-0.4, -0.2) is 35.3 Å². The monoisotopic (exact) mass is 320 g/mol. The first-order chi connectivity index (χ1) is 10.7. The van der Waals surface area contributed by atoms with Gasteiger partial charge < -0.3 is 9.84 Å². The molecule has 0 saturated heterocycles. The van der Waals surface area contributed by atoms with Crippen molar-refractivity contribution in [2.24, 2.45) is 0 Å². The van der Waals surface area contributed by atoms with E-state index in [1.54, 1.807) is 31.5 Å². The van der Waals surface area contributed by atoms with Gasteiger partial charge in [-0.15, -0.1) is 0 Å². The Morgan fingerprint density at radius 3 is 2.82 bits per heavy atom. The van der Waals surface area contributed by atoms with Crippen LogP contribution in [0.1, 0.15) is 17.7 Å². The lowest BCUT2D eigenvalue weighted by atomic mass is 10.1. The van der Waals surface area contributed by atoms with Gasteiger partial charge >= 0.3 is 0 Å². The number of benzene rings is 1. The topological polar surface area (TPSA) is 45.6 Å². The van der Waals surface area contributed by atoms with Crippen molar-refractivity contribution in [3.05, 3.63) is 58.9 Å². The maximum Gasteiger partial charge on any atom is 0.120 e. The number of phenols is 1. The van der Waals surface area contributed by atoms with Gasteiger partial charge in [0.15, 0.2) is 0 Å². The van der Waals surface area contributed by atoms with Gasteiger partial charge in [0.2, 0.25) is 0 Å². The molecule has 2 rings (SSSR count). The van der Waals surface area contributed by atoms with Crippen molar-refractivity contribution >= 4 is 11.6 Å². The number of nitrogens with zero attached hydrogens (tertiary/aromatic N) is 2. The zero-order chi connectivity index (χ0) is 15.8. The van der Waals surface area contributed by atoms with E-state index in [-0.39, 0.29) is 5.75 Å². The molecule has 118 valence electrons. The average Bonchev–Trinajstić information content (AvgIpc) is 2.52. The summed E-state index contributed by atoms with van der Waals surface area (Å²) in [5.74, 6) is 0.266. The van der Waals surface area contributed by atoms with Crippen LogP contribution in [0.3, 0.4) is 0 Å². The predicted molar refractivity (Wildman–Crippen MR) is 88.0 cm³/mol. The van der Waals surface area contributed by atoms with Crippen LogP contribution in [0.4, 0.5) is 0 Å². The summed E-state index contributed by atoms with van der Waals surface area (Å²) in [5, 5.41) is 10.6. The summed E-state index contributed by atoms with van der Waals surface area (Å²) in [6.07, 6.45) is 2.71. The number of hydrogen-bond acceptors (Lipinski definition) is 4. The number of hydrogen-bond donors (Lipinski definition) is 1. The molecule has 0 aliphatic heterocycles. The highest BCUT2D eigenvalue weighted by Gasteiger charge is 2.11. The van der Waals surface area contributed by atoms with E-state index in [0.717, 1.165) is 30.8 Å². The highest BCUT2D eigenvalue weighted by Crippen LogP contribution is 2.23. The third-order valence-electron chi connectivity index (χ3n) is 3.37. The third-order valence-corrected chi connectivity index (χ3v) is 3.61. The Balaban J connectivity index is 2.07. The van der Waals surface area contributed by atoms with Gasteiger partial charge in [-0.05, 0) is 36.8 Å². The fourth-order valence-electron chi connectivity index (χ4n) is 2.29. The minimum atomic E-state index is 0.266. The smallest absolute Gasteiger partial charge is 0.120 e. The normalized spacial score (nSPS) is 11.0. The minimum absolute atomic E-state index is 0.266. The van der Waals surface area contributed by atoms with Gasteiger partial charge in [-0.3, -0.25) is 9.88 Å². The number of rotatable bonds is 8. The molecule has 0 atom stereocenters. The molecule has 5 heteroatoms. The molecule has 0 aliphatic rings. The molecular formula is C17H21ClN2O2. The van der Waals surface area contributed by atoms with E-state index in [4.69, 9.17) is 16.3 Å². The Hall–Kier alpha value is -1.62. The van der Waals surface area contributed by atoms with Gasteiger partial charge in [-0.2, -0.15) is 0 Å². The van der Waals surface area contributed by atoms with Crippen LogP contribution >= 0.6 is 11.6 Å². The Bertz CT molecular complexity index is 578. The zero-order valence-corrected chi connectivity index (χ0v) is 13.5. The highest BCUT2D eigenvalue weighted by molar-refractivity contribution is 6.30. The Morgan fingerprint density at radius 1 is 1.23 bits per heavy atom. The van der Waals surface area contributed by atoms with Crippen molar-refractivity contribution in [1.29, 1.82) is 0 Å². The number of methoxy groups -OCH3 is 1. The molecule has 0 bridgehead atoms. The lowest BCUT2D eigenvalue weighted by molar-refractivity contribution is 0.165. The minimum Gasteiger partial charge on any atom is -0.508 e. The van der Waals surface area contributed by atoms with Crippen molar-refractivity contribution < 1.29 is 9.84 Å². The fourth-order valence-corrected chi connectivity index (χ4v) is 2.48. The van der Waals surface area contributed by atoms with E-state index < -0.39 is 0 Å². The molecule has 1 heterocycles. The third kappa shape index (κ3) is 5.30. The summed E-state index contributed by atoms with van der Waals surface area (Å²) >= 11 is 6.03. The molecule has 0 spiro atoms. The molecule has 1 aromatic carbocycles. The molecule has 22 heavy (non-hydrogen) atoms. The van der Waals surface area contributed by atoms with Crippen LogP contribution in [0.2, 0.25) is 5.02 Å². The summed E-state index contributed by atoms with van der Waals surface area (Å²) in [4.78, 5) is 6.60. The van der Waals surface area contributed by atoms with Gasteiger partial charge in [0.1, 0.15) is 5.75 Å². The van der Waals surface area contributed by atoms with Crippen LogP contribution in [0, 0.1) is 0 Å². The van der Waals surface area contributed by atoms with Crippen LogP contribution in [0.15, 0.2) is 42.6 Å². The molecule has 0 saturated carbocycles. The van der Waals surface area contributed by atoms with E-state index in [2.05, 4.69) is 9.88 Å². The van der Waals surface area contributed by atoms with Crippen molar-refractivity contribution in [3.63, 3.8) is 0 Å². The summed E-state index contributed by atoms with van der Waals surface area (Å²) in [7, 11) is 1.70. The molecule has 1 N–H and O–H groups in total. The fraction of sp³-hybridized carbons (Fsp3) is 0.353. The lowest BCUT2D eigenvalue weighted by Gasteiger charge is -2.22. The van der Waals surface area contributed by atoms with E-state index >= 15 is 0 Å². The summed E-state index contributed by atoms with van der Waals surface area (Å²) in [6, 6.07) is 11.0. The SMILES string of the molecule is COCCCN(Cc1ccccn1)Cc1cc(Cl)ccc1O. The number of aromatic hydroxyl groups is 1. The largest absolute Gasteiger partial charge is 0.508 e. The maximum atomic E-state index is 10.00. The Labute approximate surface area is 136 Å². The van der Waals surface area contributed by atoms with Crippen LogP contribution in [-0.2, 0) is 17.8 Å². The average molecular weight is 321 g/mol. The molecule has 0 radical (unpaired) electrons. The quantitative estimate of drug-likeness (QED) is 0.756. The van der Waals surface area contributed by atoms with E-state index in [9.17, 15) is 5.11 Å². The molecule has 4 nitrogen and oxygen atoms in total. The van der Waals surface area contributed by atoms with Gasteiger partial charge in [-0.1, -0.05) is 17.7 Å². The zero-order valence-electron chi connectivity index (χ0n) is 12.7. The maximum absolute atomic E-state index is 10.00. The lowest BCUT2D eigenvalue weighted by Crippen LogP contribution is -2.25. The Kier molecular flexibility index (Phi) is 6.65. The van der Waals surface area contributed by atoms with Crippen molar-refractivity contribution in [2.75, 3.05) is 20.3 Å². The van der Waals surface area contributed by atoms with E-state index in [0.29, 0.717) is 18.2 Å². The summed E-state index contributed by atoms with van der Waals surface area (Å²) < 4.78 is 5.12. The predicted octanol–water partition coefficient (Wildman–Crippen LogP) is 3.48. The molecule has 2 aromatic rings. The first kappa shape index (κ1) is 16.7. The van der Waals surface area contributed by atoms with Crippen molar-refractivity contribution in [2.45, 2.75) is 19.5 Å². The van der Waals surface area contributed by atoms with Crippen LogP contribution in [0.25, 0.3) is 0 Å². The first-order valence-corrected chi connectivity index (χ1v) is 7.65. The van der Waals surface area contributed by atoms with Gasteiger partial charge in [0, 0.05) is 50.1 Å². The highest BCUT2D eigenvalue weighted by atomic mass is 35.5. The second-order valence-corrected chi connectivity index (χ2v) is 5.59. The number of ether oxygens (including phenoxy) is 1. The van der Waals surface area contributed by atoms with Crippen molar-refractivity contribution in [3.8, 4) is 5.75 Å². The molecule has 0 aliphatic carbocycles. The standard InChI is InChI=1S/C17H21ClN2O2/c1-22-10-4-9-20(13-16-5-2-3-8-19-16)12-14-11-15(18)6-7-17(14)21/h2-3,5-8,11,21H,4,9-10,12-13H2,1H3. The van der Waals surface area contributed by atoms with E-state index in [1.165, 1.54) is 0 Å². The van der Waals surface area contributed by atoms with Gasteiger partial charge in [-0.25, -0.2) is 0 Å². The first-order valence-electron chi connectivity index (χ1n) is 7.27. The molecular weight excluding hydrogens is 300 g/mol. The van der Waals surface area contributed by atoms with E-state index in [1.807, 2.05) is 18.2 Å². The molecule has 0 fully saturated rings. The molecule has 0 amide bonds. The number of phenolic OH excluding ortho intramolecular Hbond substituents is 1. The molecule has 0 unspecified atom stereocenters. The second-order valence-electron chi connectivity index (χ2n) is 5.15. The summed E-state index contributed by atoms with van der Waals surface area (Å²) in [5.41, 5.74) is 1.82. The molecule has 1 aromatic heterocycles. The van der Waals surface area contributed by atoms with Crippen LogP contribution in [0.5, 0.6) is 5.75 Å². The van der Waals surface area contributed by atoms with Crippen molar-refractivity contribution in [1.82, 2.24) is 9.88 Å². The number of halogens is 1. The second kappa shape index (κ2) is 8.73.